The van der Waals surface area contributed by atoms with E-state index in [1.54, 1.807) is 23.1 Å². The minimum absolute atomic E-state index is 0.00548. The highest BCUT2D eigenvalue weighted by Gasteiger charge is 2.37. The van der Waals surface area contributed by atoms with E-state index >= 15 is 0 Å². The number of fused-ring (bicyclic) bond motifs is 4. The molecule has 1 amide bonds. The maximum absolute atomic E-state index is 12.6. The summed E-state index contributed by atoms with van der Waals surface area (Å²) >= 11 is 0. The average Bonchev–Trinajstić information content (AvgIpc) is 2.72. The summed E-state index contributed by atoms with van der Waals surface area (Å²) < 4.78 is 1.81. The molecule has 2 aliphatic heterocycles. The normalized spacial score (nSPS) is 19.9. The molecule has 7 heteroatoms. The van der Waals surface area contributed by atoms with Crippen LogP contribution in [0, 0.1) is 17.2 Å². The van der Waals surface area contributed by atoms with Crippen molar-refractivity contribution in [2.75, 3.05) is 13.1 Å². The molecule has 0 saturated carbocycles. The van der Waals surface area contributed by atoms with Crippen molar-refractivity contribution in [3.63, 3.8) is 0 Å². The van der Waals surface area contributed by atoms with E-state index in [-0.39, 0.29) is 36.1 Å². The van der Waals surface area contributed by atoms with Crippen LogP contribution in [0.5, 0.6) is 0 Å². The first-order chi connectivity index (χ1) is 14.0. The molecule has 2 atom stereocenters. The molecule has 0 spiro atoms. The lowest BCUT2D eigenvalue weighted by Gasteiger charge is -2.43. The smallest absolute Gasteiger partial charge is 0.303 e. The van der Waals surface area contributed by atoms with Crippen LogP contribution in [0.4, 0.5) is 0 Å². The lowest BCUT2D eigenvalue weighted by molar-refractivity contribution is -0.141. The number of carbonyl (C=O) groups excluding carboxylic acids is 1. The van der Waals surface area contributed by atoms with Crippen molar-refractivity contribution in [1.82, 2.24) is 9.47 Å². The highest BCUT2D eigenvalue weighted by Crippen LogP contribution is 2.40. The second kappa shape index (κ2) is 7.55. The molecule has 29 heavy (non-hydrogen) atoms. The number of piperidine rings is 1. The number of rotatable bonds is 4. The van der Waals surface area contributed by atoms with Gasteiger partial charge in [0.2, 0.25) is 5.91 Å². The highest BCUT2D eigenvalue weighted by atomic mass is 16.4. The Morgan fingerprint density at radius 1 is 1.14 bits per heavy atom. The molecule has 3 heterocycles. The number of likely N-dealkylation sites (tertiary alicyclic amines) is 1. The lowest BCUT2D eigenvalue weighted by atomic mass is 9.80. The molecule has 0 unspecified atom stereocenters. The maximum Gasteiger partial charge on any atom is 0.303 e. The predicted molar refractivity (Wildman–Crippen MR) is 105 cm³/mol. The zero-order chi connectivity index (χ0) is 20.5. The van der Waals surface area contributed by atoms with E-state index in [9.17, 15) is 19.6 Å². The van der Waals surface area contributed by atoms with Crippen molar-refractivity contribution in [3.8, 4) is 17.2 Å². The van der Waals surface area contributed by atoms with Crippen LogP contribution in [0.15, 0.2) is 41.2 Å². The topological polar surface area (TPSA) is 103 Å². The zero-order valence-corrected chi connectivity index (χ0v) is 15.9. The van der Waals surface area contributed by atoms with Crippen molar-refractivity contribution in [2.24, 2.45) is 5.92 Å². The molecule has 1 aromatic carbocycles. The van der Waals surface area contributed by atoms with Crippen molar-refractivity contribution >= 4 is 11.9 Å². The number of carboxylic acids is 1. The molecule has 148 valence electrons. The Kier molecular flexibility index (Phi) is 4.93. The third-order valence-electron chi connectivity index (χ3n) is 5.80. The van der Waals surface area contributed by atoms with E-state index < -0.39 is 5.97 Å². The molecular formula is C22H21N3O4. The number of carboxylic acid groups (broad SMARTS) is 1. The Balaban J connectivity index is 1.71. The quantitative estimate of drug-likeness (QED) is 0.861. The summed E-state index contributed by atoms with van der Waals surface area (Å²) in [5, 5.41) is 18.1. The first-order valence-electron chi connectivity index (χ1n) is 9.70. The van der Waals surface area contributed by atoms with Gasteiger partial charge in [-0.25, -0.2) is 0 Å². The Hall–Kier alpha value is -3.40. The number of benzene rings is 1. The van der Waals surface area contributed by atoms with Gasteiger partial charge in [-0.3, -0.25) is 14.4 Å². The number of pyridine rings is 1. The summed E-state index contributed by atoms with van der Waals surface area (Å²) in [6.07, 6.45) is 0.706. The van der Waals surface area contributed by atoms with Gasteiger partial charge in [-0.05, 0) is 36.1 Å². The van der Waals surface area contributed by atoms with Crippen molar-refractivity contribution in [1.29, 1.82) is 5.26 Å². The fourth-order valence-electron chi connectivity index (χ4n) is 4.59. The van der Waals surface area contributed by atoms with Crippen molar-refractivity contribution < 1.29 is 14.7 Å². The van der Waals surface area contributed by atoms with E-state index in [0.29, 0.717) is 25.2 Å². The molecule has 2 bridgehead atoms. The largest absolute Gasteiger partial charge is 0.481 e. The SMILES string of the molecule is N#Cc1cccc(-c2ccc(=O)n3c2[C@H]2C[C@@H](CN(C(=O)CCC(=O)O)C2)C3)c1. The van der Waals surface area contributed by atoms with Gasteiger partial charge in [0.05, 0.1) is 18.1 Å². The molecule has 0 aliphatic carbocycles. The number of hydrogen-bond donors (Lipinski definition) is 1. The standard InChI is InChI=1S/C22H21N3O4/c23-10-14-2-1-3-16(8-14)18-4-5-20(27)25-12-15-9-17(22(18)25)13-24(11-15)19(26)6-7-21(28)29/h1-5,8,15,17H,6-7,9,11-13H2,(H,28,29)/t15-,17-/m0/s1. The number of nitriles is 1. The van der Waals surface area contributed by atoms with Gasteiger partial charge in [-0.15, -0.1) is 0 Å². The van der Waals surface area contributed by atoms with E-state index in [1.807, 2.05) is 22.8 Å². The molecular weight excluding hydrogens is 370 g/mol. The molecule has 1 aromatic heterocycles. The fraction of sp³-hybridized carbons (Fsp3) is 0.364. The van der Waals surface area contributed by atoms with Gasteiger partial charge in [0.1, 0.15) is 0 Å². The molecule has 7 nitrogen and oxygen atoms in total. The molecule has 1 saturated heterocycles. The van der Waals surface area contributed by atoms with Crippen LogP contribution in [0.1, 0.15) is 36.4 Å². The molecule has 1 N–H and O–H groups in total. The first-order valence-corrected chi connectivity index (χ1v) is 9.70. The van der Waals surface area contributed by atoms with Crippen LogP contribution in [-0.4, -0.2) is 39.5 Å². The van der Waals surface area contributed by atoms with Gasteiger partial charge in [0, 0.05) is 49.3 Å². The minimum atomic E-state index is -0.980. The summed E-state index contributed by atoms with van der Waals surface area (Å²) in [4.78, 5) is 37.6. The first kappa shape index (κ1) is 18.9. The van der Waals surface area contributed by atoms with E-state index in [1.165, 1.54) is 0 Å². The monoisotopic (exact) mass is 391 g/mol. The van der Waals surface area contributed by atoms with Crippen molar-refractivity contribution in [2.45, 2.75) is 31.7 Å². The van der Waals surface area contributed by atoms with Gasteiger partial charge in [-0.1, -0.05) is 12.1 Å². The van der Waals surface area contributed by atoms with Gasteiger partial charge in [0.25, 0.3) is 5.56 Å². The Morgan fingerprint density at radius 3 is 2.72 bits per heavy atom. The summed E-state index contributed by atoms with van der Waals surface area (Å²) in [7, 11) is 0. The summed E-state index contributed by atoms with van der Waals surface area (Å²) in [6.45, 7) is 1.57. The second-order valence-electron chi connectivity index (χ2n) is 7.76. The summed E-state index contributed by atoms with van der Waals surface area (Å²) in [5.41, 5.74) is 3.18. The highest BCUT2D eigenvalue weighted by molar-refractivity contribution is 5.81. The van der Waals surface area contributed by atoms with E-state index in [0.717, 1.165) is 23.2 Å². The number of aliphatic carboxylic acids is 1. The lowest BCUT2D eigenvalue weighted by Crippen LogP contribution is -2.49. The average molecular weight is 391 g/mol. The second-order valence-corrected chi connectivity index (χ2v) is 7.76. The number of nitrogens with zero attached hydrogens (tertiary/aromatic N) is 3. The maximum atomic E-state index is 12.6. The predicted octanol–water partition coefficient (Wildman–Crippen LogP) is 2.20. The van der Waals surface area contributed by atoms with Gasteiger partial charge < -0.3 is 14.6 Å². The van der Waals surface area contributed by atoms with E-state index in [4.69, 9.17) is 5.11 Å². The summed E-state index contributed by atoms with van der Waals surface area (Å²) in [5.74, 6) is -0.951. The number of aromatic nitrogens is 1. The van der Waals surface area contributed by atoms with Crippen LogP contribution in [0.3, 0.4) is 0 Å². The van der Waals surface area contributed by atoms with Gasteiger partial charge in [0.15, 0.2) is 0 Å². The van der Waals surface area contributed by atoms with Crippen LogP contribution in [0.2, 0.25) is 0 Å². The van der Waals surface area contributed by atoms with Crippen LogP contribution < -0.4 is 5.56 Å². The van der Waals surface area contributed by atoms with E-state index in [2.05, 4.69) is 6.07 Å². The number of amides is 1. The number of carbonyl (C=O) groups is 2. The third kappa shape index (κ3) is 3.66. The molecule has 0 radical (unpaired) electrons. The zero-order valence-electron chi connectivity index (χ0n) is 15.9. The van der Waals surface area contributed by atoms with Crippen LogP contribution >= 0.6 is 0 Å². The van der Waals surface area contributed by atoms with Gasteiger partial charge >= 0.3 is 5.97 Å². The minimum Gasteiger partial charge on any atom is -0.481 e. The molecule has 2 aromatic rings. The van der Waals surface area contributed by atoms with Crippen LogP contribution in [0.25, 0.3) is 11.1 Å². The van der Waals surface area contributed by atoms with Crippen molar-refractivity contribution in [3.05, 3.63) is 58.0 Å². The summed E-state index contributed by atoms with van der Waals surface area (Å²) in [6, 6.07) is 12.8. The van der Waals surface area contributed by atoms with Crippen LogP contribution in [-0.2, 0) is 16.1 Å². The molecule has 4 rings (SSSR count). The fourth-order valence-corrected chi connectivity index (χ4v) is 4.59. The Labute approximate surface area is 167 Å². The Bertz CT molecular complexity index is 1080. The molecule has 2 aliphatic rings. The van der Waals surface area contributed by atoms with Gasteiger partial charge in [-0.2, -0.15) is 5.26 Å². The third-order valence-corrected chi connectivity index (χ3v) is 5.80. The Morgan fingerprint density at radius 2 is 1.97 bits per heavy atom. The molecule has 1 fully saturated rings. The number of hydrogen-bond acceptors (Lipinski definition) is 4.